The van der Waals surface area contributed by atoms with Crippen molar-refractivity contribution >= 4 is 12.2 Å². The summed E-state index contributed by atoms with van der Waals surface area (Å²) in [5.74, 6) is -0.979. The third kappa shape index (κ3) is 2.80. The number of allylic oxidation sites excluding steroid dienone is 2. The van der Waals surface area contributed by atoms with Crippen LogP contribution >= 0.6 is 0 Å². The molecule has 3 heteroatoms. The van der Waals surface area contributed by atoms with Crippen molar-refractivity contribution in [2.45, 2.75) is 6.92 Å². The molecule has 0 aliphatic heterocycles. The van der Waals surface area contributed by atoms with Gasteiger partial charge in [-0.2, -0.15) is 0 Å². The normalized spacial score (nSPS) is 12.9. The smallest absolute Gasteiger partial charge is 0.337 e. The third-order valence-corrected chi connectivity index (χ3v) is 1.22. The van der Waals surface area contributed by atoms with E-state index in [0.717, 1.165) is 0 Å². The van der Waals surface area contributed by atoms with E-state index in [9.17, 15) is 4.79 Å². The van der Waals surface area contributed by atoms with Gasteiger partial charge in [-0.1, -0.05) is 12.7 Å². The highest BCUT2D eigenvalue weighted by Gasteiger charge is 2.05. The lowest BCUT2D eigenvalue weighted by Crippen LogP contribution is -2.03. The zero-order valence-corrected chi connectivity index (χ0v) is 6.66. The molecular weight excluding hydrogens is 142 g/mol. The first-order valence-electron chi connectivity index (χ1n) is 3.12. The first-order valence-corrected chi connectivity index (χ1v) is 3.12. The molecule has 0 aliphatic carbocycles. The molecule has 0 rings (SSSR count). The number of carboxylic acid groups (broad SMARTS) is 1. The van der Waals surface area contributed by atoms with Crippen LogP contribution in [0.3, 0.4) is 0 Å². The fourth-order valence-corrected chi connectivity index (χ4v) is 0.565. The van der Waals surface area contributed by atoms with Crippen LogP contribution in [0.1, 0.15) is 6.92 Å². The van der Waals surface area contributed by atoms with E-state index in [2.05, 4.69) is 11.6 Å². The number of aliphatic imine (C=N–C) groups is 1. The molecule has 0 aromatic carbocycles. The summed E-state index contributed by atoms with van der Waals surface area (Å²) in [6.07, 6.45) is 2.80. The minimum atomic E-state index is -0.979. The quantitative estimate of drug-likeness (QED) is 0.377. The molecule has 0 atom stereocenters. The highest BCUT2D eigenvalue weighted by Crippen LogP contribution is 2.02. The number of hydrogen-bond donors (Lipinski definition) is 1. The molecule has 60 valence electrons. The van der Waals surface area contributed by atoms with E-state index in [1.54, 1.807) is 6.92 Å². The molecule has 0 aromatic rings. The van der Waals surface area contributed by atoms with Crippen LogP contribution in [0.25, 0.3) is 0 Å². The van der Waals surface area contributed by atoms with Gasteiger partial charge in [-0.25, -0.2) is 4.79 Å². The van der Waals surface area contributed by atoms with E-state index in [-0.39, 0.29) is 5.57 Å². The Kier molecular flexibility index (Phi) is 3.88. The van der Waals surface area contributed by atoms with Gasteiger partial charge < -0.3 is 5.11 Å². The van der Waals surface area contributed by atoms with Crippen molar-refractivity contribution in [2.24, 2.45) is 4.99 Å². The van der Waals surface area contributed by atoms with E-state index in [1.165, 1.54) is 19.3 Å². The average molecular weight is 153 g/mol. The van der Waals surface area contributed by atoms with Crippen molar-refractivity contribution in [3.8, 4) is 0 Å². The summed E-state index contributed by atoms with van der Waals surface area (Å²) in [5.41, 5.74) is 0.797. The molecule has 0 fully saturated rings. The lowest BCUT2D eigenvalue weighted by atomic mass is 10.1. The molecule has 0 heterocycles. The van der Waals surface area contributed by atoms with Crippen LogP contribution in [-0.4, -0.2) is 24.3 Å². The number of hydrogen-bond acceptors (Lipinski definition) is 2. The van der Waals surface area contributed by atoms with Gasteiger partial charge in [0.05, 0.1) is 5.57 Å². The molecule has 1 N–H and O–H groups in total. The van der Waals surface area contributed by atoms with E-state index >= 15 is 0 Å². The van der Waals surface area contributed by atoms with E-state index in [1.807, 2.05) is 0 Å². The lowest BCUT2D eigenvalue weighted by molar-refractivity contribution is -0.132. The van der Waals surface area contributed by atoms with E-state index in [0.29, 0.717) is 5.57 Å². The Morgan fingerprint density at radius 2 is 2.18 bits per heavy atom. The zero-order valence-electron chi connectivity index (χ0n) is 6.66. The van der Waals surface area contributed by atoms with Crippen molar-refractivity contribution in [1.82, 2.24) is 0 Å². The van der Waals surface area contributed by atoms with Crippen molar-refractivity contribution in [1.29, 1.82) is 0 Å². The second-order valence-electron chi connectivity index (χ2n) is 1.99. The molecule has 0 saturated heterocycles. The predicted octanol–water partition coefficient (Wildman–Crippen LogP) is 1.27. The molecule has 0 unspecified atom stereocenters. The molecule has 0 amide bonds. The zero-order chi connectivity index (χ0) is 8.85. The van der Waals surface area contributed by atoms with Crippen LogP contribution in [0.5, 0.6) is 0 Å². The molecular formula is C8H11NO2. The summed E-state index contributed by atoms with van der Waals surface area (Å²) in [5, 5.41) is 8.61. The first-order chi connectivity index (χ1) is 5.13. The summed E-state index contributed by atoms with van der Waals surface area (Å²) in [7, 11) is 1.53. The maximum absolute atomic E-state index is 10.5. The van der Waals surface area contributed by atoms with Crippen LogP contribution in [0.15, 0.2) is 28.8 Å². The molecule has 11 heavy (non-hydrogen) atoms. The van der Waals surface area contributed by atoms with E-state index in [4.69, 9.17) is 5.11 Å². The maximum Gasteiger partial charge on any atom is 0.337 e. The number of rotatable bonds is 3. The monoisotopic (exact) mass is 153 g/mol. The Hall–Kier alpha value is -1.38. The second-order valence-corrected chi connectivity index (χ2v) is 1.99. The summed E-state index contributed by atoms with van der Waals surface area (Å²) >= 11 is 0. The van der Waals surface area contributed by atoms with Crippen molar-refractivity contribution < 1.29 is 9.90 Å². The topological polar surface area (TPSA) is 49.7 Å². The molecule has 3 nitrogen and oxygen atoms in total. The summed E-state index contributed by atoms with van der Waals surface area (Å²) < 4.78 is 0. The van der Waals surface area contributed by atoms with Crippen LogP contribution in [0, 0.1) is 0 Å². The Labute approximate surface area is 65.8 Å². The van der Waals surface area contributed by atoms with Crippen LogP contribution in [0.2, 0.25) is 0 Å². The SMILES string of the molecule is C=C/C(C)=C(\C=NC)C(=O)O. The van der Waals surface area contributed by atoms with Crippen molar-refractivity contribution in [2.75, 3.05) is 7.05 Å². The maximum atomic E-state index is 10.5. The number of nitrogens with zero attached hydrogens (tertiary/aromatic N) is 1. The minimum Gasteiger partial charge on any atom is -0.478 e. The largest absolute Gasteiger partial charge is 0.478 e. The minimum absolute atomic E-state index is 0.183. The lowest BCUT2D eigenvalue weighted by Gasteiger charge is -1.95. The Morgan fingerprint density at radius 1 is 1.64 bits per heavy atom. The number of carboxylic acids is 1. The molecule has 0 aromatic heterocycles. The number of carbonyl (C=O) groups is 1. The molecule has 0 bridgehead atoms. The molecule has 0 aliphatic rings. The molecule has 0 saturated carbocycles. The third-order valence-electron chi connectivity index (χ3n) is 1.22. The van der Waals surface area contributed by atoms with E-state index < -0.39 is 5.97 Å². The summed E-state index contributed by atoms with van der Waals surface area (Å²) in [4.78, 5) is 14.1. The highest BCUT2D eigenvalue weighted by atomic mass is 16.4. The van der Waals surface area contributed by atoms with Crippen molar-refractivity contribution in [3.63, 3.8) is 0 Å². The van der Waals surface area contributed by atoms with Gasteiger partial charge in [0, 0.05) is 13.3 Å². The fourth-order valence-electron chi connectivity index (χ4n) is 0.565. The van der Waals surface area contributed by atoms with Crippen molar-refractivity contribution in [3.05, 3.63) is 23.8 Å². The standard InChI is InChI=1S/C8H11NO2/c1-4-6(2)7(5-9-3)8(10)11/h4-5H,1H2,2-3H3,(H,10,11)/b7-6+,9-5?. The van der Waals surface area contributed by atoms with Gasteiger partial charge in [-0.15, -0.1) is 0 Å². The van der Waals surface area contributed by atoms with Gasteiger partial charge in [-0.3, -0.25) is 4.99 Å². The van der Waals surface area contributed by atoms with Gasteiger partial charge in [0.1, 0.15) is 0 Å². The Bertz CT molecular complexity index is 226. The van der Waals surface area contributed by atoms with Gasteiger partial charge in [-0.05, 0) is 12.5 Å². The highest BCUT2D eigenvalue weighted by molar-refractivity contribution is 6.09. The van der Waals surface area contributed by atoms with Crippen LogP contribution < -0.4 is 0 Å². The Balaban J connectivity index is 4.87. The van der Waals surface area contributed by atoms with Crippen LogP contribution in [-0.2, 0) is 4.79 Å². The summed E-state index contributed by atoms with van der Waals surface area (Å²) in [6.45, 7) is 5.14. The van der Waals surface area contributed by atoms with Gasteiger partial charge in [0.15, 0.2) is 0 Å². The predicted molar refractivity (Wildman–Crippen MR) is 44.9 cm³/mol. The molecule has 0 radical (unpaired) electrons. The second kappa shape index (κ2) is 4.44. The summed E-state index contributed by atoms with van der Waals surface area (Å²) in [6, 6.07) is 0. The van der Waals surface area contributed by atoms with Gasteiger partial charge in [0.25, 0.3) is 0 Å². The first kappa shape index (κ1) is 9.62. The average Bonchev–Trinajstić information content (AvgIpc) is 1.98. The molecule has 0 spiro atoms. The van der Waals surface area contributed by atoms with Gasteiger partial charge in [0.2, 0.25) is 0 Å². The number of aliphatic carboxylic acids is 1. The van der Waals surface area contributed by atoms with Gasteiger partial charge >= 0.3 is 5.97 Å². The Morgan fingerprint density at radius 3 is 2.45 bits per heavy atom. The van der Waals surface area contributed by atoms with Crippen LogP contribution in [0.4, 0.5) is 0 Å². The fraction of sp³-hybridized carbons (Fsp3) is 0.250.